The Morgan fingerprint density at radius 1 is 0.406 bits per heavy atom. The zero-order chi connectivity index (χ0) is 50.6. The number of rotatable bonds is 40. The average Bonchev–Trinajstić information content (AvgIpc) is 3.35. The molecule has 0 fully saturated rings. The van der Waals surface area contributed by atoms with Gasteiger partial charge in [0.05, 0.1) is 36.3 Å². The van der Waals surface area contributed by atoms with Crippen LogP contribution in [0.2, 0.25) is 0 Å². The van der Waals surface area contributed by atoms with Crippen molar-refractivity contribution in [1.82, 2.24) is 0 Å². The Kier molecular flexibility index (Phi) is 56.2. The Hall–Kier alpha value is -3.40. The molecule has 0 spiro atoms. The minimum atomic E-state index is -1.36. The van der Waals surface area contributed by atoms with E-state index in [0.29, 0.717) is 13.2 Å². The Morgan fingerprint density at radius 3 is 0.913 bits per heavy atom. The Labute approximate surface area is 439 Å². The van der Waals surface area contributed by atoms with E-state index in [9.17, 15) is 29.4 Å². The molecule has 0 bridgehead atoms. The molecular formula is C60H96O8Sn. The van der Waals surface area contributed by atoms with Crippen LogP contribution >= 0.6 is 0 Å². The second kappa shape index (κ2) is 55.5. The molecule has 69 heavy (non-hydrogen) atoms. The summed E-state index contributed by atoms with van der Waals surface area (Å²) in [5.74, 6) is -3.92. The standard InChI is InChI=1S/2C22H32O4.2C8H17.Sn/c2*1-2-3-4-5-6-7-8-9-10-11-12-15-18-26-22(25)20-17-14-13-16-19(20)21(23)24;2*1-3-5-7-8-6-4-2;/h2*2,13-14,16-17H,1,3-12,15,18H2,(H,23,24);2*1,3-8H2,2H3;/q;;;;+2/p-2. The fourth-order valence-electron chi connectivity index (χ4n) is 7.33. The summed E-state index contributed by atoms with van der Waals surface area (Å²) in [5.41, 5.74) is -0.134. The molecule has 0 saturated heterocycles. The van der Waals surface area contributed by atoms with Crippen molar-refractivity contribution >= 4 is 47.8 Å². The first-order valence-electron chi connectivity index (χ1n) is 26.9. The van der Waals surface area contributed by atoms with Gasteiger partial charge in [0.25, 0.3) is 0 Å². The van der Waals surface area contributed by atoms with Gasteiger partial charge in [0.15, 0.2) is 0 Å². The maximum absolute atomic E-state index is 12.0. The summed E-state index contributed by atoms with van der Waals surface area (Å²) >= 11 is 0. The number of carboxylic acid groups (broad SMARTS) is 2. The van der Waals surface area contributed by atoms with Crippen LogP contribution in [0, 0.1) is 13.8 Å². The summed E-state index contributed by atoms with van der Waals surface area (Å²) in [4.78, 5) is 45.9. The third kappa shape index (κ3) is 45.5. The number of esters is 2. The molecule has 0 atom stereocenters. The van der Waals surface area contributed by atoms with E-state index in [1.807, 2.05) is 12.2 Å². The van der Waals surface area contributed by atoms with E-state index < -0.39 is 23.9 Å². The van der Waals surface area contributed by atoms with Crippen LogP contribution in [0.25, 0.3) is 0 Å². The summed E-state index contributed by atoms with van der Waals surface area (Å²) in [5, 5.41) is 22.0. The molecule has 0 amide bonds. The number of carbonyl (C=O) groups excluding carboxylic acids is 4. The summed E-state index contributed by atoms with van der Waals surface area (Å²) in [7, 11) is 0. The molecule has 4 radical (unpaired) electrons. The Bertz CT molecular complexity index is 1380. The first-order valence-corrected chi connectivity index (χ1v) is 26.9. The van der Waals surface area contributed by atoms with Crippen molar-refractivity contribution in [3.8, 4) is 0 Å². The Morgan fingerprint density at radius 2 is 0.652 bits per heavy atom. The van der Waals surface area contributed by atoms with Crippen LogP contribution in [-0.4, -0.2) is 61.0 Å². The number of hydrogen-bond donors (Lipinski definition) is 0. The minimum Gasteiger partial charge on any atom is -0.545 e. The van der Waals surface area contributed by atoms with Crippen molar-refractivity contribution < 1.29 is 38.9 Å². The molecule has 0 unspecified atom stereocenters. The summed E-state index contributed by atoms with van der Waals surface area (Å²) in [6.45, 7) is 20.2. The smallest absolute Gasteiger partial charge is 0.545 e. The third-order valence-electron chi connectivity index (χ3n) is 11.5. The number of benzene rings is 2. The second-order valence-electron chi connectivity index (χ2n) is 17.7. The fourth-order valence-corrected chi connectivity index (χ4v) is 7.33. The monoisotopic (exact) mass is 1060 g/mol. The number of unbranched alkanes of at least 4 members (excludes halogenated alkanes) is 30. The first-order chi connectivity index (χ1) is 33.2. The SMILES string of the molecule is C=CCCCCCCCCCCCCOC(=O)c1ccccc1C(=O)[O-].C=CCCCCCCCCCCCCOC(=O)c1ccccc1C(=O)[O-].[CH2]CCCCCCC.[CH2]CCCCCCC.[Sn+2]. The predicted octanol–water partition coefficient (Wildman–Crippen LogP) is 15.3. The van der Waals surface area contributed by atoms with E-state index in [1.54, 1.807) is 24.3 Å². The molecular weight excluding hydrogens is 967 g/mol. The predicted molar refractivity (Wildman–Crippen MR) is 287 cm³/mol. The molecule has 0 aliphatic heterocycles. The number of carboxylic acids is 2. The van der Waals surface area contributed by atoms with Gasteiger partial charge >= 0.3 is 35.8 Å². The van der Waals surface area contributed by atoms with Crippen molar-refractivity contribution in [2.75, 3.05) is 13.2 Å². The van der Waals surface area contributed by atoms with Crippen LogP contribution in [0.5, 0.6) is 0 Å². The van der Waals surface area contributed by atoms with Gasteiger partial charge in [0.2, 0.25) is 0 Å². The van der Waals surface area contributed by atoms with E-state index >= 15 is 0 Å². The number of ether oxygens (including phenoxy) is 2. The number of hydrogen-bond acceptors (Lipinski definition) is 8. The van der Waals surface area contributed by atoms with Crippen molar-refractivity contribution in [1.29, 1.82) is 0 Å². The molecule has 0 aliphatic carbocycles. The van der Waals surface area contributed by atoms with Crippen LogP contribution in [0.15, 0.2) is 73.8 Å². The van der Waals surface area contributed by atoms with Gasteiger partial charge in [-0.05, 0) is 50.7 Å². The summed E-state index contributed by atoms with van der Waals surface area (Å²) in [6.07, 6.45) is 46.1. The molecule has 0 aromatic heterocycles. The van der Waals surface area contributed by atoms with E-state index in [4.69, 9.17) is 9.47 Å². The van der Waals surface area contributed by atoms with Crippen LogP contribution in [0.1, 0.15) is 274 Å². The van der Waals surface area contributed by atoms with Gasteiger partial charge in [0.1, 0.15) is 0 Å². The molecule has 2 aromatic carbocycles. The topological polar surface area (TPSA) is 133 Å². The third-order valence-corrected chi connectivity index (χ3v) is 11.5. The maximum atomic E-state index is 12.0. The summed E-state index contributed by atoms with van der Waals surface area (Å²) < 4.78 is 10.3. The quantitative estimate of drug-likeness (QED) is 0.0279. The molecule has 8 nitrogen and oxygen atoms in total. The molecule has 0 saturated carbocycles. The maximum Gasteiger partial charge on any atom is 2.00 e. The van der Waals surface area contributed by atoms with Crippen LogP contribution in [0.3, 0.4) is 0 Å². The van der Waals surface area contributed by atoms with Crippen molar-refractivity contribution in [2.24, 2.45) is 0 Å². The fraction of sp³-hybridized carbons (Fsp3) is 0.633. The largest absolute Gasteiger partial charge is 2.00 e. The Balaban J connectivity index is -0.000000950. The first kappa shape index (κ1) is 69.9. The van der Waals surface area contributed by atoms with Crippen molar-refractivity contribution in [2.45, 2.75) is 232 Å². The van der Waals surface area contributed by atoms with Gasteiger partial charge in [-0.2, -0.15) is 0 Å². The zero-order valence-electron chi connectivity index (χ0n) is 43.8. The normalized spacial score (nSPS) is 10.1. The molecule has 388 valence electrons. The molecule has 0 aliphatic rings. The molecule has 9 heteroatoms. The molecule has 2 rings (SSSR count). The second-order valence-corrected chi connectivity index (χ2v) is 17.7. The number of carbonyl (C=O) groups is 4. The molecule has 0 N–H and O–H groups in total. The van der Waals surface area contributed by atoms with E-state index in [-0.39, 0.29) is 46.2 Å². The zero-order valence-corrected chi connectivity index (χ0v) is 46.7. The summed E-state index contributed by atoms with van der Waals surface area (Å²) in [6, 6.07) is 11.9. The van der Waals surface area contributed by atoms with E-state index in [0.717, 1.165) is 64.2 Å². The van der Waals surface area contributed by atoms with E-state index in [1.165, 1.54) is 178 Å². The minimum absolute atomic E-state index is 0. The number of allylic oxidation sites excluding steroid dienone is 2. The van der Waals surface area contributed by atoms with Crippen LogP contribution in [-0.2, 0) is 9.47 Å². The average molecular weight is 1060 g/mol. The van der Waals surface area contributed by atoms with Crippen molar-refractivity contribution in [3.05, 3.63) is 110 Å². The van der Waals surface area contributed by atoms with Gasteiger partial charge < -0.3 is 29.3 Å². The molecule has 0 heterocycles. The van der Waals surface area contributed by atoms with Crippen LogP contribution < -0.4 is 10.2 Å². The van der Waals surface area contributed by atoms with Gasteiger partial charge in [-0.3, -0.25) is 0 Å². The number of aromatic carboxylic acids is 2. The van der Waals surface area contributed by atoms with E-state index in [2.05, 4.69) is 40.9 Å². The van der Waals surface area contributed by atoms with Gasteiger partial charge in [-0.15, -0.1) is 13.2 Å². The molecule has 2 aromatic rings. The van der Waals surface area contributed by atoms with Crippen LogP contribution in [0.4, 0.5) is 0 Å². The van der Waals surface area contributed by atoms with Gasteiger partial charge in [-0.1, -0.05) is 256 Å². The van der Waals surface area contributed by atoms with Gasteiger partial charge in [0, 0.05) is 11.1 Å². The van der Waals surface area contributed by atoms with Gasteiger partial charge in [-0.25, -0.2) is 9.59 Å². The van der Waals surface area contributed by atoms with Crippen molar-refractivity contribution in [3.63, 3.8) is 0 Å².